The second-order valence-corrected chi connectivity index (χ2v) is 5.22. The number of thioether (sulfide) groups is 1. The first-order valence-corrected chi connectivity index (χ1v) is 7.33. The van der Waals surface area contributed by atoms with E-state index in [0.29, 0.717) is 6.54 Å². The Morgan fingerprint density at radius 3 is 2.53 bits per heavy atom. The monoisotopic (exact) mass is 277 g/mol. The summed E-state index contributed by atoms with van der Waals surface area (Å²) in [4.78, 5) is 12.1. The van der Waals surface area contributed by atoms with Crippen LogP contribution in [0, 0.1) is 11.3 Å². The molecule has 102 valence electrons. The Morgan fingerprint density at radius 2 is 2.05 bits per heavy atom. The van der Waals surface area contributed by atoms with Gasteiger partial charge in [-0.15, -0.1) is 11.8 Å². The lowest BCUT2D eigenvalue weighted by Crippen LogP contribution is -2.39. The maximum atomic E-state index is 10.9. The van der Waals surface area contributed by atoms with Crippen LogP contribution in [0.3, 0.4) is 0 Å². The van der Waals surface area contributed by atoms with Gasteiger partial charge in [0.25, 0.3) is 0 Å². The number of hydrogen-bond donors (Lipinski definition) is 2. The van der Waals surface area contributed by atoms with Crippen LogP contribution in [0.5, 0.6) is 0 Å². The van der Waals surface area contributed by atoms with Crippen molar-refractivity contribution in [3.63, 3.8) is 0 Å². The molecule has 2 N–H and O–H groups in total. The van der Waals surface area contributed by atoms with E-state index in [0.717, 1.165) is 5.56 Å². The van der Waals surface area contributed by atoms with Crippen LogP contribution >= 0.6 is 11.8 Å². The summed E-state index contributed by atoms with van der Waals surface area (Å²) in [5, 5.41) is 15.1. The molecule has 0 aliphatic carbocycles. The molecule has 0 bridgehead atoms. The topological polar surface area (TPSA) is 64.9 Å². The first-order valence-electron chi connectivity index (χ1n) is 6.11. The lowest BCUT2D eigenvalue weighted by molar-refractivity contribution is -0.119. The van der Waals surface area contributed by atoms with Gasteiger partial charge in [-0.25, -0.2) is 0 Å². The third kappa shape index (κ3) is 5.33. The number of nitrogens with zero attached hydrogens (tertiary/aromatic N) is 1. The summed E-state index contributed by atoms with van der Waals surface area (Å²) in [5.41, 5.74) is 0.940. The SMILES string of the molecule is CSc1ccc(C(C#N)NCC(C)NC(C)=O)cc1. The standard InChI is InChI=1S/C14H19N3OS/c1-10(17-11(2)18)9-16-14(8-15)12-4-6-13(19-3)7-5-12/h4-7,10,14,16H,9H2,1-3H3,(H,17,18). The van der Waals surface area contributed by atoms with Crippen LogP contribution in [0.15, 0.2) is 29.2 Å². The molecule has 0 fully saturated rings. The maximum Gasteiger partial charge on any atom is 0.217 e. The third-order valence-corrected chi connectivity index (χ3v) is 3.40. The first-order chi connectivity index (χ1) is 9.06. The van der Waals surface area contributed by atoms with E-state index in [4.69, 9.17) is 0 Å². The van der Waals surface area contributed by atoms with E-state index in [9.17, 15) is 10.1 Å². The predicted octanol–water partition coefficient (Wildman–Crippen LogP) is 2.09. The molecule has 2 unspecified atom stereocenters. The Bertz CT molecular complexity index is 453. The zero-order chi connectivity index (χ0) is 14.3. The molecule has 0 radical (unpaired) electrons. The number of amides is 1. The highest BCUT2D eigenvalue weighted by Gasteiger charge is 2.11. The number of carbonyl (C=O) groups is 1. The zero-order valence-corrected chi connectivity index (χ0v) is 12.3. The summed E-state index contributed by atoms with van der Waals surface area (Å²) in [6, 6.07) is 9.79. The van der Waals surface area contributed by atoms with Crippen LogP contribution in [0.2, 0.25) is 0 Å². The maximum absolute atomic E-state index is 10.9. The first kappa shape index (κ1) is 15.5. The third-order valence-electron chi connectivity index (χ3n) is 2.66. The fraction of sp³-hybridized carbons (Fsp3) is 0.429. The van der Waals surface area contributed by atoms with Crippen molar-refractivity contribution in [3.05, 3.63) is 29.8 Å². The second-order valence-electron chi connectivity index (χ2n) is 4.35. The minimum absolute atomic E-state index is 0.00109. The van der Waals surface area contributed by atoms with Crippen molar-refractivity contribution in [2.24, 2.45) is 0 Å². The highest BCUT2D eigenvalue weighted by Crippen LogP contribution is 2.18. The van der Waals surface area contributed by atoms with Crippen molar-refractivity contribution < 1.29 is 4.79 Å². The second kappa shape index (κ2) is 7.82. The molecule has 5 heteroatoms. The van der Waals surface area contributed by atoms with Crippen LogP contribution in [0.4, 0.5) is 0 Å². The predicted molar refractivity (Wildman–Crippen MR) is 77.9 cm³/mol. The van der Waals surface area contributed by atoms with Gasteiger partial charge < -0.3 is 5.32 Å². The smallest absolute Gasteiger partial charge is 0.217 e. The molecule has 1 rings (SSSR count). The average molecular weight is 277 g/mol. The summed E-state index contributed by atoms with van der Waals surface area (Å²) < 4.78 is 0. The Morgan fingerprint density at radius 1 is 1.42 bits per heavy atom. The van der Waals surface area contributed by atoms with Gasteiger partial charge in [0.05, 0.1) is 6.07 Å². The van der Waals surface area contributed by atoms with E-state index in [2.05, 4.69) is 16.7 Å². The summed E-state index contributed by atoms with van der Waals surface area (Å²) in [6.07, 6.45) is 2.02. The fourth-order valence-corrected chi connectivity index (χ4v) is 2.14. The highest BCUT2D eigenvalue weighted by atomic mass is 32.2. The molecular weight excluding hydrogens is 258 g/mol. The molecule has 0 aliphatic rings. The van der Waals surface area contributed by atoms with Crippen LogP contribution < -0.4 is 10.6 Å². The van der Waals surface area contributed by atoms with Crippen molar-refractivity contribution in [3.8, 4) is 6.07 Å². The summed E-state index contributed by atoms with van der Waals surface area (Å²) in [6.45, 7) is 3.95. The Balaban J connectivity index is 2.58. The van der Waals surface area contributed by atoms with Crippen LogP contribution in [0.1, 0.15) is 25.5 Å². The van der Waals surface area contributed by atoms with Crippen molar-refractivity contribution in [2.75, 3.05) is 12.8 Å². The molecular formula is C14H19N3OS. The minimum Gasteiger partial charge on any atom is -0.353 e. The van der Waals surface area contributed by atoms with Crippen LogP contribution in [0.25, 0.3) is 0 Å². The van der Waals surface area contributed by atoms with Gasteiger partial charge in [0.2, 0.25) is 5.91 Å². The molecule has 19 heavy (non-hydrogen) atoms. The van der Waals surface area contributed by atoms with E-state index in [1.54, 1.807) is 11.8 Å². The van der Waals surface area contributed by atoms with E-state index >= 15 is 0 Å². The number of hydrogen-bond acceptors (Lipinski definition) is 4. The minimum atomic E-state index is -0.355. The fourth-order valence-electron chi connectivity index (χ4n) is 1.73. The normalized spacial score (nSPS) is 13.4. The summed E-state index contributed by atoms with van der Waals surface area (Å²) in [5.74, 6) is -0.0628. The van der Waals surface area contributed by atoms with Gasteiger partial charge >= 0.3 is 0 Å². The Hall–Kier alpha value is -1.51. The van der Waals surface area contributed by atoms with Crippen LogP contribution in [-0.4, -0.2) is 24.7 Å². The van der Waals surface area contributed by atoms with E-state index in [1.165, 1.54) is 11.8 Å². The zero-order valence-electron chi connectivity index (χ0n) is 11.4. The molecule has 1 amide bonds. The Kier molecular flexibility index (Phi) is 6.40. The molecule has 1 aromatic rings. The lowest BCUT2D eigenvalue weighted by Gasteiger charge is -2.17. The number of carbonyl (C=O) groups excluding carboxylic acids is 1. The van der Waals surface area contributed by atoms with Gasteiger partial charge in [0.1, 0.15) is 6.04 Å². The molecule has 1 aromatic carbocycles. The summed E-state index contributed by atoms with van der Waals surface area (Å²) in [7, 11) is 0. The van der Waals surface area contributed by atoms with Gasteiger partial charge in [-0.3, -0.25) is 10.1 Å². The van der Waals surface area contributed by atoms with E-state index in [-0.39, 0.29) is 18.0 Å². The summed E-state index contributed by atoms with van der Waals surface area (Å²) >= 11 is 1.67. The quantitative estimate of drug-likeness (QED) is 0.781. The molecule has 0 spiro atoms. The Labute approximate surface area is 118 Å². The highest BCUT2D eigenvalue weighted by molar-refractivity contribution is 7.98. The molecule has 2 atom stereocenters. The lowest BCUT2D eigenvalue weighted by atomic mass is 10.1. The molecule has 4 nitrogen and oxygen atoms in total. The number of nitriles is 1. The van der Waals surface area contributed by atoms with Gasteiger partial charge in [0.15, 0.2) is 0 Å². The van der Waals surface area contributed by atoms with Gasteiger partial charge in [-0.2, -0.15) is 5.26 Å². The van der Waals surface area contributed by atoms with E-state index in [1.807, 2.05) is 37.4 Å². The van der Waals surface area contributed by atoms with E-state index < -0.39 is 0 Å². The molecule has 0 saturated carbocycles. The molecule has 0 aromatic heterocycles. The average Bonchev–Trinajstić information content (AvgIpc) is 2.39. The largest absolute Gasteiger partial charge is 0.353 e. The molecule has 0 aliphatic heterocycles. The van der Waals surface area contributed by atoms with Crippen LogP contribution in [-0.2, 0) is 4.79 Å². The van der Waals surface area contributed by atoms with Gasteiger partial charge in [-0.1, -0.05) is 12.1 Å². The van der Waals surface area contributed by atoms with Crippen molar-refractivity contribution in [2.45, 2.75) is 30.8 Å². The van der Waals surface area contributed by atoms with Gasteiger partial charge in [-0.05, 0) is 30.9 Å². The molecule has 0 saturated heterocycles. The molecule has 0 heterocycles. The van der Waals surface area contributed by atoms with Crippen molar-refractivity contribution in [1.29, 1.82) is 5.26 Å². The van der Waals surface area contributed by atoms with Gasteiger partial charge in [0, 0.05) is 24.4 Å². The number of rotatable bonds is 6. The number of nitrogens with one attached hydrogen (secondary N) is 2. The van der Waals surface area contributed by atoms with Crippen molar-refractivity contribution >= 4 is 17.7 Å². The number of benzene rings is 1. The van der Waals surface area contributed by atoms with Crippen molar-refractivity contribution in [1.82, 2.24) is 10.6 Å².